The molecule has 0 saturated heterocycles. The molecular formula is C21H17ClN6S. The van der Waals surface area contributed by atoms with Gasteiger partial charge in [0.15, 0.2) is 10.8 Å². The Morgan fingerprint density at radius 3 is 2.59 bits per heavy atom. The fraction of sp³-hybridized carbons (Fsp3) is 0.143. The summed E-state index contributed by atoms with van der Waals surface area (Å²) in [5, 5.41) is 16.5. The lowest BCUT2D eigenvalue weighted by molar-refractivity contribution is 0.748. The number of benzene rings is 2. The third kappa shape index (κ3) is 3.16. The van der Waals surface area contributed by atoms with Gasteiger partial charge in [-0.3, -0.25) is 0 Å². The lowest BCUT2D eigenvalue weighted by atomic mass is 10.1. The zero-order valence-corrected chi connectivity index (χ0v) is 17.4. The first kappa shape index (κ1) is 18.1. The topological polar surface area (TPSA) is 60.9 Å². The van der Waals surface area contributed by atoms with Crippen molar-refractivity contribution in [2.75, 3.05) is 0 Å². The van der Waals surface area contributed by atoms with Crippen LogP contribution in [0.4, 0.5) is 0 Å². The van der Waals surface area contributed by atoms with Crippen molar-refractivity contribution in [1.82, 2.24) is 29.4 Å². The number of aromatic nitrogens is 6. The van der Waals surface area contributed by atoms with Gasteiger partial charge in [-0.2, -0.15) is 5.10 Å². The summed E-state index contributed by atoms with van der Waals surface area (Å²) in [6.45, 7) is 1.89. The molecule has 0 bridgehead atoms. The maximum atomic E-state index is 6.45. The summed E-state index contributed by atoms with van der Waals surface area (Å²) in [5.41, 5.74) is 3.57. The Kier molecular flexibility index (Phi) is 4.49. The Balaban J connectivity index is 1.57. The number of halogens is 1. The number of para-hydroxylation sites is 1. The van der Waals surface area contributed by atoms with E-state index in [0.717, 1.165) is 39.0 Å². The molecule has 6 nitrogen and oxygen atoms in total. The summed E-state index contributed by atoms with van der Waals surface area (Å²) in [6.07, 6.45) is 0.728. The molecule has 3 aromatic heterocycles. The largest absolute Gasteiger partial charge is 0.309 e. The van der Waals surface area contributed by atoms with Crippen LogP contribution in [0.2, 0.25) is 5.02 Å². The summed E-state index contributed by atoms with van der Waals surface area (Å²) in [5.74, 6) is 0.905. The van der Waals surface area contributed by atoms with Crippen LogP contribution in [0.1, 0.15) is 17.1 Å². The molecule has 0 amide bonds. The molecule has 0 radical (unpaired) electrons. The average molecular weight is 421 g/mol. The molecule has 8 heteroatoms. The molecule has 0 aliphatic carbocycles. The van der Waals surface area contributed by atoms with Gasteiger partial charge in [-0.25, -0.2) is 9.50 Å². The van der Waals surface area contributed by atoms with Crippen molar-refractivity contribution in [3.05, 3.63) is 76.7 Å². The molecule has 0 unspecified atom stereocenters. The highest BCUT2D eigenvalue weighted by Crippen LogP contribution is 2.34. The third-order valence-electron chi connectivity index (χ3n) is 4.85. The maximum absolute atomic E-state index is 6.45. The predicted octanol–water partition coefficient (Wildman–Crippen LogP) is 4.71. The molecule has 0 spiro atoms. The number of hydrogen-bond donors (Lipinski definition) is 0. The van der Waals surface area contributed by atoms with Crippen molar-refractivity contribution in [2.24, 2.45) is 7.05 Å². The van der Waals surface area contributed by atoms with Crippen molar-refractivity contribution in [3.63, 3.8) is 0 Å². The monoisotopic (exact) mass is 420 g/mol. The van der Waals surface area contributed by atoms with Crippen LogP contribution in [-0.4, -0.2) is 29.4 Å². The normalized spacial score (nSPS) is 11.6. The molecule has 5 rings (SSSR count). The number of hydrogen-bond acceptors (Lipinski definition) is 5. The molecule has 5 aromatic rings. The lowest BCUT2D eigenvalue weighted by Gasteiger charge is -2.08. The summed E-state index contributed by atoms with van der Waals surface area (Å²) in [7, 11) is 1.98. The summed E-state index contributed by atoms with van der Waals surface area (Å²) in [6, 6.07) is 18.3. The van der Waals surface area contributed by atoms with Crippen LogP contribution in [0.5, 0.6) is 0 Å². The Morgan fingerprint density at radius 1 is 1.00 bits per heavy atom. The van der Waals surface area contributed by atoms with E-state index in [1.165, 1.54) is 17.3 Å². The van der Waals surface area contributed by atoms with Crippen LogP contribution in [0, 0.1) is 6.92 Å². The maximum Gasteiger partial charge on any atom is 0.197 e. The minimum atomic E-state index is 0.570. The van der Waals surface area contributed by atoms with Crippen LogP contribution in [0.25, 0.3) is 16.6 Å². The first-order chi connectivity index (χ1) is 14.1. The molecule has 0 fully saturated rings. The van der Waals surface area contributed by atoms with E-state index in [-0.39, 0.29) is 0 Å². The van der Waals surface area contributed by atoms with E-state index in [1.54, 1.807) is 4.52 Å². The van der Waals surface area contributed by atoms with E-state index in [0.29, 0.717) is 10.7 Å². The van der Waals surface area contributed by atoms with Gasteiger partial charge in [0, 0.05) is 18.9 Å². The Hall–Kier alpha value is -2.90. The van der Waals surface area contributed by atoms with E-state index in [1.807, 2.05) is 61.0 Å². The van der Waals surface area contributed by atoms with Crippen LogP contribution in [0.15, 0.2) is 64.8 Å². The molecule has 0 aliphatic heterocycles. The smallest absolute Gasteiger partial charge is 0.197 e. The first-order valence-electron chi connectivity index (χ1n) is 9.15. The number of aryl methyl sites for hydroxylation is 1. The van der Waals surface area contributed by atoms with Crippen molar-refractivity contribution in [1.29, 1.82) is 0 Å². The minimum absolute atomic E-state index is 0.570. The molecule has 144 valence electrons. The molecule has 3 heterocycles. The van der Waals surface area contributed by atoms with Gasteiger partial charge < -0.3 is 4.57 Å². The van der Waals surface area contributed by atoms with Crippen molar-refractivity contribution < 1.29 is 0 Å². The van der Waals surface area contributed by atoms with E-state index < -0.39 is 0 Å². The van der Waals surface area contributed by atoms with Crippen molar-refractivity contribution in [2.45, 2.75) is 23.5 Å². The van der Waals surface area contributed by atoms with Gasteiger partial charge in [0.1, 0.15) is 15.9 Å². The van der Waals surface area contributed by atoms with E-state index in [2.05, 4.69) is 27.4 Å². The third-order valence-corrected chi connectivity index (χ3v) is 6.34. The quantitative estimate of drug-likeness (QED) is 0.394. The minimum Gasteiger partial charge on any atom is -0.309 e. The molecule has 2 aromatic carbocycles. The summed E-state index contributed by atoms with van der Waals surface area (Å²) >= 11 is 7.94. The van der Waals surface area contributed by atoms with Crippen LogP contribution in [-0.2, 0) is 13.5 Å². The molecular weight excluding hydrogens is 404 g/mol. The van der Waals surface area contributed by atoms with Gasteiger partial charge in [0.25, 0.3) is 0 Å². The highest BCUT2D eigenvalue weighted by molar-refractivity contribution is 7.99. The SMILES string of the molecule is Cc1nn2c(nc(Sc3nnc(Cc4ccccc4)n3C)c3ccccc32)c1Cl. The second-order valence-corrected chi connectivity index (χ2v) is 8.13. The predicted molar refractivity (Wildman–Crippen MR) is 115 cm³/mol. The Bertz CT molecular complexity index is 1340. The van der Waals surface area contributed by atoms with Gasteiger partial charge in [0.05, 0.1) is 11.2 Å². The second-order valence-electron chi connectivity index (χ2n) is 6.79. The fourth-order valence-corrected chi connectivity index (χ4v) is 4.36. The fourth-order valence-electron chi connectivity index (χ4n) is 3.29. The molecule has 0 saturated carbocycles. The van der Waals surface area contributed by atoms with Crippen molar-refractivity contribution >= 4 is 39.9 Å². The van der Waals surface area contributed by atoms with E-state index in [9.17, 15) is 0 Å². The van der Waals surface area contributed by atoms with Gasteiger partial charge >= 0.3 is 0 Å². The van der Waals surface area contributed by atoms with Gasteiger partial charge in [-0.05, 0) is 30.3 Å². The van der Waals surface area contributed by atoms with Crippen LogP contribution < -0.4 is 0 Å². The molecule has 0 aliphatic rings. The van der Waals surface area contributed by atoms with Crippen molar-refractivity contribution in [3.8, 4) is 0 Å². The average Bonchev–Trinajstić information content (AvgIpc) is 3.23. The highest BCUT2D eigenvalue weighted by atomic mass is 35.5. The molecule has 0 N–H and O–H groups in total. The number of rotatable bonds is 4. The lowest BCUT2D eigenvalue weighted by Crippen LogP contribution is -2.01. The molecule has 0 atom stereocenters. The Morgan fingerprint density at radius 2 is 1.76 bits per heavy atom. The Labute approximate surface area is 176 Å². The first-order valence-corrected chi connectivity index (χ1v) is 10.3. The van der Waals surface area contributed by atoms with Gasteiger partial charge in [-0.1, -0.05) is 60.1 Å². The number of nitrogens with zero attached hydrogens (tertiary/aromatic N) is 6. The second kappa shape index (κ2) is 7.17. The van der Waals surface area contributed by atoms with Gasteiger partial charge in [-0.15, -0.1) is 10.2 Å². The zero-order valence-electron chi connectivity index (χ0n) is 15.9. The van der Waals surface area contributed by atoms with E-state index in [4.69, 9.17) is 16.6 Å². The number of fused-ring (bicyclic) bond motifs is 3. The standard InChI is InChI=1S/C21H17ClN6S/c1-13-18(22)19-23-20(15-10-6-7-11-16(15)28(19)26-13)29-21-25-24-17(27(21)2)12-14-8-4-3-5-9-14/h3-11H,12H2,1-2H3. The van der Waals surface area contributed by atoms with Crippen LogP contribution >= 0.6 is 23.4 Å². The van der Waals surface area contributed by atoms with Crippen LogP contribution in [0.3, 0.4) is 0 Å². The zero-order chi connectivity index (χ0) is 20.0. The molecule has 29 heavy (non-hydrogen) atoms. The highest BCUT2D eigenvalue weighted by Gasteiger charge is 2.18. The van der Waals surface area contributed by atoms with Gasteiger partial charge in [0.2, 0.25) is 0 Å². The summed E-state index contributed by atoms with van der Waals surface area (Å²) < 4.78 is 3.82. The van der Waals surface area contributed by atoms with E-state index >= 15 is 0 Å². The summed E-state index contributed by atoms with van der Waals surface area (Å²) in [4.78, 5) is 4.80.